The van der Waals surface area contributed by atoms with Gasteiger partial charge in [-0.1, -0.05) is 59.6 Å². The number of imide groups is 1. The fraction of sp³-hybridized carbons (Fsp3) is 0.360. The fourth-order valence-electron chi connectivity index (χ4n) is 5.28. The van der Waals surface area contributed by atoms with Gasteiger partial charge >= 0.3 is 6.03 Å². The Labute approximate surface area is 212 Å². The SMILES string of the molecule is CN1C(=O)NC(=O)[C@]12Cc1ccc(NC(=O)CN3C[C@H](c4ccccc4)CC(Cl)(Cl)C3=O)cc1C2. The molecule has 0 bridgehead atoms. The summed E-state index contributed by atoms with van der Waals surface area (Å²) in [7, 11) is 1.61. The van der Waals surface area contributed by atoms with Crippen molar-refractivity contribution in [2.75, 3.05) is 25.5 Å². The summed E-state index contributed by atoms with van der Waals surface area (Å²) in [5, 5.41) is 5.20. The number of likely N-dealkylation sites (N-methyl/N-ethyl adjacent to an activating group) is 1. The van der Waals surface area contributed by atoms with Gasteiger partial charge in [0.25, 0.3) is 11.8 Å². The Morgan fingerprint density at radius 3 is 2.49 bits per heavy atom. The molecule has 1 aliphatic carbocycles. The van der Waals surface area contributed by atoms with Crippen LogP contribution in [0.4, 0.5) is 10.5 Å². The van der Waals surface area contributed by atoms with Gasteiger partial charge in [-0.2, -0.15) is 0 Å². The van der Waals surface area contributed by atoms with Gasteiger partial charge in [-0.25, -0.2) is 4.79 Å². The van der Waals surface area contributed by atoms with Crippen LogP contribution in [0.15, 0.2) is 48.5 Å². The van der Waals surface area contributed by atoms with Gasteiger partial charge in [-0.3, -0.25) is 19.7 Å². The second-order valence-electron chi connectivity index (χ2n) is 9.44. The average Bonchev–Trinajstić information content (AvgIpc) is 3.30. The summed E-state index contributed by atoms with van der Waals surface area (Å²) in [6.07, 6.45) is 1.06. The molecule has 2 aromatic carbocycles. The first-order chi connectivity index (χ1) is 16.6. The Bertz CT molecular complexity index is 1240. The number of urea groups is 1. The van der Waals surface area contributed by atoms with E-state index in [1.165, 1.54) is 9.80 Å². The first-order valence-electron chi connectivity index (χ1n) is 11.3. The van der Waals surface area contributed by atoms with E-state index >= 15 is 0 Å². The summed E-state index contributed by atoms with van der Waals surface area (Å²) in [5.74, 6) is -1.27. The minimum absolute atomic E-state index is 0.0925. The molecule has 0 radical (unpaired) electrons. The van der Waals surface area contributed by atoms with Crippen LogP contribution in [-0.4, -0.2) is 63.6 Å². The Morgan fingerprint density at radius 1 is 1.09 bits per heavy atom. The molecule has 2 N–H and O–H groups in total. The Kier molecular flexibility index (Phi) is 5.76. The summed E-state index contributed by atoms with van der Waals surface area (Å²) in [6, 6.07) is 14.6. The molecule has 2 aromatic rings. The zero-order chi connectivity index (χ0) is 25.0. The zero-order valence-electron chi connectivity index (χ0n) is 19.0. The molecule has 2 heterocycles. The lowest BCUT2D eigenvalue weighted by molar-refractivity contribution is -0.137. The van der Waals surface area contributed by atoms with Crippen LogP contribution in [0.2, 0.25) is 0 Å². The smallest absolute Gasteiger partial charge is 0.324 e. The zero-order valence-corrected chi connectivity index (χ0v) is 20.5. The van der Waals surface area contributed by atoms with Gasteiger partial charge in [0.1, 0.15) is 5.54 Å². The highest BCUT2D eigenvalue weighted by Gasteiger charge is 2.54. The number of hydrogen-bond donors (Lipinski definition) is 2. The number of carbonyl (C=O) groups excluding carboxylic acids is 4. The number of fused-ring (bicyclic) bond motifs is 1. The molecule has 2 aliphatic heterocycles. The van der Waals surface area contributed by atoms with E-state index in [9.17, 15) is 19.2 Å². The predicted molar refractivity (Wildman–Crippen MR) is 131 cm³/mol. The van der Waals surface area contributed by atoms with Gasteiger partial charge in [-0.05, 0) is 35.2 Å². The van der Waals surface area contributed by atoms with E-state index < -0.39 is 21.8 Å². The highest BCUT2D eigenvalue weighted by atomic mass is 35.5. The number of piperidine rings is 1. The number of alkyl halides is 2. The topological polar surface area (TPSA) is 98.8 Å². The number of carbonyl (C=O) groups is 4. The summed E-state index contributed by atoms with van der Waals surface area (Å²) in [4.78, 5) is 53.0. The molecule has 2 fully saturated rings. The van der Waals surface area contributed by atoms with Crippen molar-refractivity contribution in [1.82, 2.24) is 15.1 Å². The van der Waals surface area contributed by atoms with Crippen molar-refractivity contribution < 1.29 is 19.2 Å². The molecule has 2 saturated heterocycles. The van der Waals surface area contributed by atoms with E-state index in [1.54, 1.807) is 13.1 Å². The lowest BCUT2D eigenvalue weighted by Gasteiger charge is -2.38. The number of nitrogens with zero attached hydrogens (tertiary/aromatic N) is 2. The van der Waals surface area contributed by atoms with Crippen LogP contribution in [0.1, 0.15) is 29.0 Å². The standard InChI is InChI=1S/C25H24Cl2N4O4/c1-30-23(35)29-21(33)24(30)10-16-7-8-19(9-17(16)11-24)28-20(32)14-31-13-18(12-25(26,27)22(31)34)15-5-3-2-4-6-15/h2-9,18H,10-14H2,1H3,(H,28,32)(H,29,33,35)/t18-,24-/m1/s1. The van der Waals surface area contributed by atoms with Crippen LogP contribution in [0.5, 0.6) is 0 Å². The lowest BCUT2D eigenvalue weighted by Crippen LogP contribution is -2.52. The van der Waals surface area contributed by atoms with Gasteiger partial charge in [0.15, 0.2) is 4.33 Å². The number of amides is 5. The molecule has 10 heteroatoms. The van der Waals surface area contributed by atoms with Crippen molar-refractivity contribution >= 4 is 52.6 Å². The van der Waals surface area contributed by atoms with E-state index in [0.29, 0.717) is 25.1 Å². The monoisotopic (exact) mass is 514 g/mol. The third kappa shape index (κ3) is 4.15. The highest BCUT2D eigenvalue weighted by molar-refractivity contribution is 6.58. The third-order valence-corrected chi connectivity index (χ3v) is 7.83. The molecule has 35 heavy (non-hydrogen) atoms. The normalized spacial score (nSPS) is 25.1. The Morgan fingerprint density at radius 2 is 1.80 bits per heavy atom. The fourth-order valence-corrected chi connectivity index (χ4v) is 5.89. The third-order valence-electron chi connectivity index (χ3n) is 7.19. The average molecular weight is 515 g/mol. The van der Waals surface area contributed by atoms with Gasteiger partial charge in [0.2, 0.25) is 5.91 Å². The minimum Gasteiger partial charge on any atom is -0.330 e. The van der Waals surface area contributed by atoms with E-state index in [1.807, 2.05) is 42.5 Å². The van der Waals surface area contributed by atoms with E-state index in [2.05, 4.69) is 10.6 Å². The summed E-state index contributed by atoms with van der Waals surface area (Å²) in [5.41, 5.74) is 2.45. The number of anilines is 1. The number of rotatable bonds is 4. The first-order valence-corrected chi connectivity index (χ1v) is 12.1. The van der Waals surface area contributed by atoms with Crippen molar-refractivity contribution in [1.29, 1.82) is 0 Å². The first kappa shape index (κ1) is 23.6. The number of likely N-dealkylation sites (tertiary alicyclic amines) is 1. The van der Waals surface area contributed by atoms with Gasteiger partial charge in [0.05, 0.1) is 6.54 Å². The maximum absolute atomic E-state index is 12.9. The molecule has 5 amide bonds. The van der Waals surface area contributed by atoms with Crippen LogP contribution in [0.3, 0.4) is 0 Å². The Hall–Kier alpha value is -3.10. The van der Waals surface area contributed by atoms with Crippen LogP contribution >= 0.6 is 23.2 Å². The van der Waals surface area contributed by atoms with Crippen LogP contribution in [-0.2, 0) is 27.2 Å². The maximum atomic E-state index is 12.9. The molecular weight excluding hydrogens is 491 g/mol. The van der Waals surface area contributed by atoms with Crippen LogP contribution in [0, 0.1) is 0 Å². The van der Waals surface area contributed by atoms with Crippen LogP contribution in [0.25, 0.3) is 0 Å². The molecule has 0 saturated carbocycles. The van der Waals surface area contributed by atoms with E-state index in [-0.39, 0.29) is 30.7 Å². The molecule has 0 aromatic heterocycles. The molecule has 3 aliphatic rings. The molecule has 1 spiro atoms. The van der Waals surface area contributed by atoms with Crippen molar-refractivity contribution in [3.05, 3.63) is 65.2 Å². The van der Waals surface area contributed by atoms with Crippen molar-refractivity contribution in [3.63, 3.8) is 0 Å². The van der Waals surface area contributed by atoms with Crippen molar-refractivity contribution in [3.8, 4) is 0 Å². The van der Waals surface area contributed by atoms with Crippen molar-refractivity contribution in [2.45, 2.75) is 35.1 Å². The summed E-state index contributed by atoms with van der Waals surface area (Å²) < 4.78 is -1.60. The minimum atomic E-state index is -1.60. The molecule has 182 valence electrons. The number of halogens is 2. The quantitative estimate of drug-likeness (QED) is 0.484. The highest BCUT2D eigenvalue weighted by Crippen LogP contribution is 2.41. The second kappa shape index (κ2) is 8.53. The lowest BCUT2D eigenvalue weighted by atomic mass is 9.89. The van der Waals surface area contributed by atoms with E-state index in [4.69, 9.17) is 23.2 Å². The number of hydrogen-bond acceptors (Lipinski definition) is 4. The van der Waals surface area contributed by atoms with Gasteiger partial charge in [0, 0.05) is 38.0 Å². The summed E-state index contributed by atoms with van der Waals surface area (Å²) >= 11 is 12.7. The van der Waals surface area contributed by atoms with E-state index in [0.717, 1.165) is 16.7 Å². The van der Waals surface area contributed by atoms with Crippen LogP contribution < -0.4 is 10.6 Å². The van der Waals surface area contributed by atoms with Gasteiger partial charge < -0.3 is 15.1 Å². The number of nitrogens with one attached hydrogen (secondary N) is 2. The number of benzene rings is 2. The van der Waals surface area contributed by atoms with Crippen molar-refractivity contribution in [2.24, 2.45) is 0 Å². The van der Waals surface area contributed by atoms with Gasteiger partial charge in [-0.15, -0.1) is 0 Å². The largest absolute Gasteiger partial charge is 0.330 e. The molecular formula is C25H24Cl2N4O4. The molecule has 5 rings (SSSR count). The Balaban J connectivity index is 1.28. The maximum Gasteiger partial charge on any atom is 0.324 e. The molecule has 0 unspecified atom stereocenters. The summed E-state index contributed by atoms with van der Waals surface area (Å²) in [6.45, 7) is 0.143. The predicted octanol–water partition coefficient (Wildman–Crippen LogP) is 2.83. The second-order valence-corrected chi connectivity index (χ2v) is 10.9. The molecule has 2 atom stereocenters. The molecule has 8 nitrogen and oxygen atoms in total.